The first-order valence-electron chi connectivity index (χ1n) is 34.2. The van der Waals surface area contributed by atoms with Crippen molar-refractivity contribution in [2.75, 3.05) is 85.8 Å². The molecule has 3 amide bonds. The number of unbranched alkanes of at least 4 members (excludes halogenated alkanes) is 14. The van der Waals surface area contributed by atoms with Crippen LogP contribution in [-0.2, 0) is 73.8 Å². The van der Waals surface area contributed by atoms with Crippen molar-refractivity contribution in [1.82, 2.24) is 20.9 Å². The third kappa shape index (κ3) is 58.8. The lowest BCUT2D eigenvalue weighted by atomic mass is 9.90. The zero-order valence-electron chi connectivity index (χ0n) is 58.3. The molecule has 0 spiro atoms. The van der Waals surface area contributed by atoms with Gasteiger partial charge in [0.1, 0.15) is 36.6 Å². The molecular formula is C69H125N7O17S. The van der Waals surface area contributed by atoms with Crippen molar-refractivity contribution in [1.29, 1.82) is 5.41 Å². The van der Waals surface area contributed by atoms with E-state index in [9.17, 15) is 57.0 Å². The molecule has 5 atom stereocenters. The van der Waals surface area contributed by atoms with Crippen LogP contribution < -0.4 is 27.4 Å². The number of phenols is 1. The van der Waals surface area contributed by atoms with Crippen LogP contribution in [0.5, 0.6) is 5.75 Å². The van der Waals surface area contributed by atoms with E-state index in [1.807, 2.05) is 25.9 Å². The predicted octanol–water partition coefficient (Wildman–Crippen LogP) is 9.40. The van der Waals surface area contributed by atoms with Gasteiger partial charge in [-0.15, -0.1) is 0 Å². The highest BCUT2D eigenvalue weighted by molar-refractivity contribution is 7.85. The van der Waals surface area contributed by atoms with Crippen molar-refractivity contribution in [2.24, 2.45) is 29.2 Å². The van der Waals surface area contributed by atoms with Gasteiger partial charge in [-0.3, -0.25) is 43.6 Å². The summed E-state index contributed by atoms with van der Waals surface area (Å²) in [5.41, 5.74) is 12.4. The Labute approximate surface area is 564 Å². The standard InChI is InChI=1S/C43H79N3O13S.C19H30N4O3.C7H14O.H2/c1-36(38(3)47)20-16-17-25-44-42(50)35-59-32-29-56-27-19-22-39(48)34-58-31-30-57-28-26-45-41(49)24-23-40(43(51)52)46-37(2)21-15-13-11-9-7-5-4-6-8-10-12-14-18-33-60(53,54)55;1-23(2)16(5-3-4-6-18(20)21)17(25)12-14(19(22)26)11-13-7-9-15(24)10-8-13;1-4-6(2)5-7(3)8;/h36,40,46H,2,4-35H2,1,3H3,(H,44,50)(H,45,49)(H,51,52)(H,53,54,55);7-10,14,16,24H,3-6,11-12H2,1-2H3,(H3,20,21)(H2,22,26);6H,4-5H2,1-3H3;1H/t36-,40-;14-,16+;;/m01../s1. The molecule has 0 saturated heterocycles. The Kier molecular flexibility index (Phi) is 56.4. The number of hydrogen-bond donors (Lipinski definition) is 9. The molecule has 24 nitrogen and oxygen atoms in total. The molecule has 1 rings (SSSR count). The van der Waals surface area contributed by atoms with E-state index in [0.717, 1.165) is 102 Å². The average Bonchev–Trinajstić information content (AvgIpc) is 0.939. The van der Waals surface area contributed by atoms with E-state index < -0.39 is 34.0 Å². The van der Waals surface area contributed by atoms with Crippen LogP contribution in [0.1, 0.15) is 221 Å². The number of nitrogens with one attached hydrogen (secondary N) is 4. The van der Waals surface area contributed by atoms with Gasteiger partial charge in [-0.25, -0.2) is 4.79 Å². The van der Waals surface area contributed by atoms with Gasteiger partial charge in [0.2, 0.25) is 17.7 Å². The molecule has 0 radical (unpaired) electrons. The number of Topliss-reactive ketones (excluding diaryl/α,β-unsaturated/α-hetero) is 4. The minimum atomic E-state index is -3.83. The largest absolute Gasteiger partial charge is 0.508 e. The van der Waals surface area contributed by atoms with Crippen molar-refractivity contribution in [3.05, 3.63) is 42.1 Å². The summed E-state index contributed by atoms with van der Waals surface area (Å²) in [6.07, 6.45) is 22.9. The minimum Gasteiger partial charge on any atom is -0.508 e. The molecule has 544 valence electrons. The monoisotopic (exact) mass is 1360 g/mol. The van der Waals surface area contributed by atoms with Gasteiger partial charge in [-0.1, -0.05) is 129 Å². The second-order valence-electron chi connectivity index (χ2n) is 24.8. The Morgan fingerprint density at radius 1 is 0.638 bits per heavy atom. The molecule has 0 aliphatic rings. The predicted molar refractivity (Wildman–Crippen MR) is 370 cm³/mol. The summed E-state index contributed by atoms with van der Waals surface area (Å²) in [5, 5.41) is 34.7. The van der Waals surface area contributed by atoms with E-state index in [-0.39, 0.29) is 125 Å². The fourth-order valence-corrected chi connectivity index (χ4v) is 10.2. The number of likely N-dealkylation sites (N-methyl/N-ethyl adjacent to an activating group) is 1. The van der Waals surface area contributed by atoms with Crippen LogP contribution in [-0.4, -0.2) is 179 Å². The lowest BCUT2D eigenvalue weighted by molar-refractivity contribution is -0.139. The molecule has 0 bridgehead atoms. The third-order valence-corrected chi connectivity index (χ3v) is 16.4. The summed E-state index contributed by atoms with van der Waals surface area (Å²) in [4.78, 5) is 95.8. The topological polar surface area (TPSA) is 384 Å². The number of aliphatic carboxylic acids is 1. The smallest absolute Gasteiger partial charge is 0.326 e. The van der Waals surface area contributed by atoms with E-state index in [0.29, 0.717) is 82.1 Å². The first-order chi connectivity index (χ1) is 44.6. The number of ether oxygens (including phenoxy) is 4. The van der Waals surface area contributed by atoms with E-state index in [1.165, 1.54) is 25.7 Å². The molecule has 94 heavy (non-hydrogen) atoms. The van der Waals surface area contributed by atoms with Gasteiger partial charge >= 0.3 is 5.97 Å². The number of hydrogen-bond acceptors (Lipinski definition) is 18. The van der Waals surface area contributed by atoms with Gasteiger partial charge < -0.3 is 61.4 Å². The Balaban J connectivity index is -0.00000197. The van der Waals surface area contributed by atoms with Gasteiger partial charge in [0, 0.05) is 70.8 Å². The number of nitrogens with two attached hydrogens (primary N) is 2. The molecule has 0 aromatic heterocycles. The molecule has 1 aromatic carbocycles. The number of amides is 3. The molecule has 0 heterocycles. The number of carbonyl (C=O) groups excluding carboxylic acids is 7. The second kappa shape index (κ2) is 58.6. The average molecular weight is 1360 g/mol. The summed E-state index contributed by atoms with van der Waals surface area (Å²) < 4.78 is 51.7. The highest BCUT2D eigenvalue weighted by Crippen LogP contribution is 2.20. The van der Waals surface area contributed by atoms with E-state index >= 15 is 0 Å². The Morgan fingerprint density at radius 3 is 1.69 bits per heavy atom. The molecule has 0 saturated carbocycles. The Hall–Kier alpha value is -5.70. The lowest BCUT2D eigenvalue weighted by Crippen LogP contribution is -2.39. The molecular weight excluding hydrogens is 1230 g/mol. The fraction of sp³-hybridized carbons (Fsp3) is 0.754. The van der Waals surface area contributed by atoms with Crippen molar-refractivity contribution in [2.45, 2.75) is 233 Å². The zero-order chi connectivity index (χ0) is 71.0. The summed E-state index contributed by atoms with van der Waals surface area (Å²) in [6.45, 7) is 15.8. The molecule has 0 fully saturated rings. The number of aromatic hydroxyl groups is 1. The number of primary amides is 1. The number of amidine groups is 1. The van der Waals surface area contributed by atoms with Crippen LogP contribution in [0.3, 0.4) is 0 Å². The van der Waals surface area contributed by atoms with Crippen LogP contribution in [0.25, 0.3) is 0 Å². The Bertz CT molecular complexity index is 2390. The number of allylic oxidation sites excluding steroid dienone is 1. The number of carbonyl (C=O) groups is 8. The van der Waals surface area contributed by atoms with Crippen LogP contribution in [0.4, 0.5) is 0 Å². The molecule has 0 aliphatic heterocycles. The summed E-state index contributed by atoms with van der Waals surface area (Å²) in [7, 11) is -0.153. The van der Waals surface area contributed by atoms with Gasteiger partial charge in [-0.05, 0) is 116 Å². The minimum absolute atomic E-state index is 0. The van der Waals surface area contributed by atoms with Gasteiger partial charge in [-0.2, -0.15) is 8.42 Å². The Morgan fingerprint density at radius 2 is 1.17 bits per heavy atom. The first-order valence-corrected chi connectivity index (χ1v) is 35.8. The number of carboxylic acid groups (broad SMARTS) is 1. The highest BCUT2D eigenvalue weighted by Gasteiger charge is 2.27. The maximum atomic E-state index is 12.7. The van der Waals surface area contributed by atoms with Gasteiger partial charge in [0.15, 0.2) is 11.6 Å². The number of phenolic OH excluding ortho intramolecular Hbond substituents is 1. The molecule has 11 N–H and O–H groups in total. The number of ketones is 4. The van der Waals surface area contributed by atoms with Gasteiger partial charge in [0.25, 0.3) is 10.1 Å². The molecule has 0 aliphatic carbocycles. The van der Waals surface area contributed by atoms with Crippen LogP contribution in [0, 0.1) is 23.2 Å². The third-order valence-electron chi connectivity index (χ3n) is 15.6. The summed E-state index contributed by atoms with van der Waals surface area (Å²) >= 11 is 0. The maximum Gasteiger partial charge on any atom is 0.326 e. The maximum absolute atomic E-state index is 12.7. The van der Waals surface area contributed by atoms with E-state index in [2.05, 4.69) is 36.4 Å². The van der Waals surface area contributed by atoms with E-state index in [4.69, 9.17) is 40.4 Å². The quantitative estimate of drug-likeness (QED) is 0.0127. The number of rotatable bonds is 60. The summed E-state index contributed by atoms with van der Waals surface area (Å²) in [5.74, 6) is -1.36. The number of nitrogens with zero attached hydrogens (tertiary/aromatic N) is 1. The first kappa shape index (κ1) is 90.4. The normalized spacial score (nSPS) is 12.8. The molecule has 1 aromatic rings. The van der Waals surface area contributed by atoms with Crippen LogP contribution in [0.15, 0.2) is 36.5 Å². The molecule has 1 unspecified atom stereocenters. The van der Waals surface area contributed by atoms with Crippen molar-refractivity contribution >= 4 is 62.8 Å². The highest BCUT2D eigenvalue weighted by atomic mass is 32.2. The second-order valence-corrected chi connectivity index (χ2v) is 26.4. The number of carboxylic acids is 1. The van der Waals surface area contributed by atoms with Crippen molar-refractivity contribution in [3.63, 3.8) is 0 Å². The van der Waals surface area contributed by atoms with E-state index in [1.54, 1.807) is 38.1 Å². The molecule has 25 heteroatoms. The zero-order valence-corrected chi connectivity index (χ0v) is 59.1. The van der Waals surface area contributed by atoms with Crippen molar-refractivity contribution < 1.29 is 81.9 Å². The number of benzene rings is 1. The fourth-order valence-electron chi connectivity index (χ4n) is 9.63. The summed E-state index contributed by atoms with van der Waals surface area (Å²) in [6, 6.07) is 5.36. The van der Waals surface area contributed by atoms with Gasteiger partial charge in [0.05, 0.1) is 50.7 Å². The lowest BCUT2D eigenvalue weighted by Gasteiger charge is -2.24. The van der Waals surface area contributed by atoms with Crippen LogP contribution in [0.2, 0.25) is 0 Å². The SMILES string of the molecule is C=C(CCCCCCCCCCCCCCCS(=O)(=O)O)N[C@@H](CCC(=O)NCCOCCOCC(=O)CCCOCCOCC(=O)NCCCC[C@H](C)C(C)=O)C(=O)O.CCC(C)CC(C)=O.CN(C)[C@@H](CCCCC(=N)N)C(=O)C[C@@H](Cc1ccc(O)cc1)C(N)=O.[HH]. The van der Waals surface area contributed by atoms with Crippen molar-refractivity contribution in [3.8, 4) is 5.75 Å². The van der Waals surface area contributed by atoms with Crippen LogP contribution >= 0.6 is 0 Å².